The van der Waals surface area contributed by atoms with Crippen molar-refractivity contribution < 1.29 is 14.3 Å². The standard InChI is InChI=1S/C18H18N2O3/c1-14-16(20-11-6-5-9-17(20)19-14)13-23-18(21)10-12-22-15-7-3-2-4-8-15/h2-9,11H,10,12-13H2,1H3. The molecule has 0 fully saturated rings. The summed E-state index contributed by atoms with van der Waals surface area (Å²) in [5.41, 5.74) is 2.60. The lowest BCUT2D eigenvalue weighted by molar-refractivity contribution is -0.145. The molecule has 0 aliphatic carbocycles. The fraction of sp³-hybridized carbons (Fsp3) is 0.222. The van der Waals surface area contributed by atoms with E-state index in [0.29, 0.717) is 6.61 Å². The minimum absolute atomic E-state index is 0.210. The van der Waals surface area contributed by atoms with E-state index in [1.165, 1.54) is 0 Å². The first kappa shape index (κ1) is 15.1. The number of aryl methyl sites for hydroxylation is 1. The van der Waals surface area contributed by atoms with Gasteiger partial charge in [-0.3, -0.25) is 4.79 Å². The van der Waals surface area contributed by atoms with Gasteiger partial charge in [0.25, 0.3) is 0 Å². The minimum atomic E-state index is -0.286. The molecule has 0 spiro atoms. The van der Waals surface area contributed by atoms with Crippen molar-refractivity contribution in [1.82, 2.24) is 9.38 Å². The molecule has 0 aliphatic rings. The van der Waals surface area contributed by atoms with Crippen LogP contribution >= 0.6 is 0 Å². The number of fused-ring (bicyclic) bond motifs is 1. The number of hydrogen-bond acceptors (Lipinski definition) is 4. The molecule has 0 amide bonds. The van der Waals surface area contributed by atoms with Crippen LogP contribution in [0.5, 0.6) is 5.75 Å². The average Bonchev–Trinajstić information content (AvgIpc) is 2.89. The monoisotopic (exact) mass is 310 g/mol. The predicted octanol–water partition coefficient (Wildman–Crippen LogP) is 3.16. The molecule has 0 unspecified atom stereocenters. The number of esters is 1. The predicted molar refractivity (Wildman–Crippen MR) is 86.3 cm³/mol. The van der Waals surface area contributed by atoms with Crippen LogP contribution in [0.3, 0.4) is 0 Å². The zero-order valence-corrected chi connectivity index (χ0v) is 12.9. The Labute approximate surface area is 134 Å². The van der Waals surface area contributed by atoms with E-state index in [2.05, 4.69) is 4.98 Å². The molecule has 0 saturated heterocycles. The molecular formula is C18H18N2O3. The summed E-state index contributed by atoms with van der Waals surface area (Å²) in [6.07, 6.45) is 2.13. The molecule has 0 atom stereocenters. The second-order valence-electron chi connectivity index (χ2n) is 5.14. The fourth-order valence-electron chi connectivity index (χ4n) is 2.33. The van der Waals surface area contributed by atoms with E-state index in [0.717, 1.165) is 22.8 Å². The van der Waals surface area contributed by atoms with Crippen molar-refractivity contribution in [1.29, 1.82) is 0 Å². The summed E-state index contributed by atoms with van der Waals surface area (Å²) in [7, 11) is 0. The van der Waals surface area contributed by atoms with Crippen molar-refractivity contribution in [3.8, 4) is 5.75 Å². The molecule has 0 bridgehead atoms. The summed E-state index contributed by atoms with van der Waals surface area (Å²) in [4.78, 5) is 16.3. The fourth-order valence-corrected chi connectivity index (χ4v) is 2.33. The van der Waals surface area contributed by atoms with E-state index in [-0.39, 0.29) is 19.0 Å². The zero-order chi connectivity index (χ0) is 16.1. The van der Waals surface area contributed by atoms with Gasteiger partial charge in [0.1, 0.15) is 18.0 Å². The van der Waals surface area contributed by atoms with E-state index in [9.17, 15) is 4.79 Å². The van der Waals surface area contributed by atoms with Crippen LogP contribution in [0.2, 0.25) is 0 Å². The number of hydrogen-bond donors (Lipinski definition) is 0. The molecule has 3 rings (SSSR count). The summed E-state index contributed by atoms with van der Waals surface area (Å²) in [5.74, 6) is 0.462. The Balaban J connectivity index is 1.51. The number of aromatic nitrogens is 2. The number of carbonyl (C=O) groups is 1. The number of rotatable bonds is 6. The number of imidazole rings is 1. The lowest BCUT2D eigenvalue weighted by atomic mass is 10.3. The molecule has 23 heavy (non-hydrogen) atoms. The molecule has 0 aliphatic heterocycles. The highest BCUT2D eigenvalue weighted by Gasteiger charge is 2.11. The highest BCUT2D eigenvalue weighted by Crippen LogP contribution is 2.13. The quantitative estimate of drug-likeness (QED) is 0.656. The van der Waals surface area contributed by atoms with Crippen molar-refractivity contribution in [3.05, 3.63) is 66.1 Å². The number of para-hydroxylation sites is 1. The van der Waals surface area contributed by atoms with Crippen LogP contribution in [0.1, 0.15) is 17.8 Å². The van der Waals surface area contributed by atoms with E-state index in [1.54, 1.807) is 0 Å². The molecule has 5 heteroatoms. The third kappa shape index (κ3) is 3.69. The van der Waals surface area contributed by atoms with Crippen LogP contribution in [0.25, 0.3) is 5.65 Å². The molecule has 0 N–H and O–H groups in total. The maximum absolute atomic E-state index is 11.8. The van der Waals surface area contributed by atoms with Crippen molar-refractivity contribution in [2.24, 2.45) is 0 Å². The number of pyridine rings is 1. The maximum atomic E-state index is 11.8. The van der Waals surface area contributed by atoms with Gasteiger partial charge in [-0.15, -0.1) is 0 Å². The normalized spacial score (nSPS) is 10.7. The Morgan fingerprint density at radius 1 is 1.13 bits per heavy atom. The largest absolute Gasteiger partial charge is 0.493 e. The van der Waals surface area contributed by atoms with Gasteiger partial charge in [-0.1, -0.05) is 24.3 Å². The molecule has 0 saturated carbocycles. The number of benzene rings is 1. The van der Waals surface area contributed by atoms with Crippen molar-refractivity contribution in [2.45, 2.75) is 20.0 Å². The first-order valence-corrected chi connectivity index (χ1v) is 7.50. The molecule has 2 heterocycles. The smallest absolute Gasteiger partial charge is 0.309 e. The first-order valence-electron chi connectivity index (χ1n) is 7.50. The third-order valence-corrected chi connectivity index (χ3v) is 3.52. The van der Waals surface area contributed by atoms with E-state index >= 15 is 0 Å². The first-order chi connectivity index (χ1) is 11.2. The second kappa shape index (κ2) is 6.96. The van der Waals surface area contributed by atoms with Crippen LogP contribution in [-0.4, -0.2) is 22.0 Å². The van der Waals surface area contributed by atoms with Crippen LogP contribution in [0.15, 0.2) is 54.7 Å². The van der Waals surface area contributed by atoms with Crippen LogP contribution < -0.4 is 4.74 Å². The van der Waals surface area contributed by atoms with E-state index < -0.39 is 0 Å². The summed E-state index contributed by atoms with van der Waals surface area (Å²) < 4.78 is 12.8. The Morgan fingerprint density at radius 2 is 1.91 bits per heavy atom. The Morgan fingerprint density at radius 3 is 2.74 bits per heavy atom. The third-order valence-electron chi connectivity index (χ3n) is 3.52. The highest BCUT2D eigenvalue weighted by atomic mass is 16.5. The average molecular weight is 310 g/mol. The summed E-state index contributed by atoms with van der Waals surface area (Å²) in [5, 5.41) is 0. The minimum Gasteiger partial charge on any atom is -0.493 e. The number of carbonyl (C=O) groups excluding carboxylic acids is 1. The van der Waals surface area contributed by atoms with Gasteiger partial charge < -0.3 is 13.9 Å². The lowest BCUT2D eigenvalue weighted by Crippen LogP contribution is -2.11. The van der Waals surface area contributed by atoms with Crippen LogP contribution in [0.4, 0.5) is 0 Å². The Hall–Kier alpha value is -2.82. The molecule has 118 valence electrons. The molecule has 0 radical (unpaired) electrons. The molecule has 2 aromatic heterocycles. The van der Waals surface area contributed by atoms with Gasteiger partial charge in [-0.2, -0.15) is 0 Å². The van der Waals surface area contributed by atoms with Gasteiger partial charge in [-0.25, -0.2) is 4.98 Å². The molecule has 5 nitrogen and oxygen atoms in total. The summed E-state index contributed by atoms with van der Waals surface area (Å²) >= 11 is 0. The van der Waals surface area contributed by atoms with Crippen LogP contribution in [0, 0.1) is 6.92 Å². The summed E-state index contributed by atoms with van der Waals surface area (Å²) in [6, 6.07) is 15.2. The van der Waals surface area contributed by atoms with Gasteiger partial charge in [0, 0.05) is 6.20 Å². The zero-order valence-electron chi connectivity index (χ0n) is 12.9. The maximum Gasteiger partial charge on any atom is 0.309 e. The lowest BCUT2D eigenvalue weighted by Gasteiger charge is -2.07. The highest BCUT2D eigenvalue weighted by molar-refractivity contribution is 5.69. The van der Waals surface area contributed by atoms with Gasteiger partial charge >= 0.3 is 5.97 Å². The number of nitrogens with zero attached hydrogens (tertiary/aromatic N) is 2. The second-order valence-corrected chi connectivity index (χ2v) is 5.14. The summed E-state index contributed by atoms with van der Waals surface area (Å²) in [6.45, 7) is 2.42. The van der Waals surface area contributed by atoms with Crippen molar-refractivity contribution >= 4 is 11.6 Å². The molecule has 1 aromatic carbocycles. The topological polar surface area (TPSA) is 52.8 Å². The SMILES string of the molecule is Cc1nc2ccccn2c1COC(=O)CCOc1ccccc1. The Bertz CT molecular complexity index is 796. The molecule has 3 aromatic rings. The molecular weight excluding hydrogens is 292 g/mol. The van der Waals surface area contributed by atoms with Gasteiger partial charge in [-0.05, 0) is 31.2 Å². The van der Waals surface area contributed by atoms with Gasteiger partial charge in [0.2, 0.25) is 0 Å². The van der Waals surface area contributed by atoms with Gasteiger partial charge in [0.05, 0.1) is 24.4 Å². The van der Waals surface area contributed by atoms with E-state index in [1.807, 2.05) is 66.1 Å². The van der Waals surface area contributed by atoms with Crippen molar-refractivity contribution in [3.63, 3.8) is 0 Å². The van der Waals surface area contributed by atoms with E-state index in [4.69, 9.17) is 9.47 Å². The van der Waals surface area contributed by atoms with Crippen molar-refractivity contribution in [2.75, 3.05) is 6.61 Å². The number of ether oxygens (including phenoxy) is 2. The Kier molecular flexibility index (Phi) is 4.57. The van der Waals surface area contributed by atoms with Crippen LogP contribution in [-0.2, 0) is 16.1 Å². The van der Waals surface area contributed by atoms with Gasteiger partial charge in [0.15, 0.2) is 0 Å².